The van der Waals surface area contributed by atoms with E-state index in [0.29, 0.717) is 5.75 Å². The van der Waals surface area contributed by atoms with Gasteiger partial charge in [-0.2, -0.15) is 0 Å². The predicted molar refractivity (Wildman–Crippen MR) is 64.2 cm³/mol. The van der Waals surface area contributed by atoms with Gasteiger partial charge in [-0.15, -0.1) is 0 Å². The van der Waals surface area contributed by atoms with Crippen LogP contribution >= 0.6 is 15.9 Å². The lowest BCUT2D eigenvalue weighted by Gasteiger charge is -2.02. The summed E-state index contributed by atoms with van der Waals surface area (Å²) in [6.45, 7) is 0. The number of benzene rings is 1. The highest BCUT2D eigenvalue weighted by molar-refractivity contribution is 9.10. The van der Waals surface area contributed by atoms with E-state index in [0.717, 1.165) is 10.0 Å². The predicted octanol–water partition coefficient (Wildman–Crippen LogP) is 2.37. The number of halogens is 1. The van der Waals surface area contributed by atoms with Gasteiger partial charge in [-0.25, -0.2) is 0 Å². The van der Waals surface area contributed by atoms with Gasteiger partial charge in [0.05, 0.1) is 18.7 Å². The summed E-state index contributed by atoms with van der Waals surface area (Å²) in [5.41, 5.74) is 0.795. The van der Waals surface area contributed by atoms with Crippen molar-refractivity contribution in [2.24, 2.45) is 0 Å². The maximum Gasteiger partial charge on any atom is 0.317 e. The van der Waals surface area contributed by atoms with Crippen molar-refractivity contribution >= 4 is 21.9 Å². The molecule has 0 aliphatic rings. The number of hydrogen-bond donors (Lipinski definition) is 0. The number of carbonyl (C=O) groups excluding carboxylic acids is 1. The lowest BCUT2D eigenvalue weighted by Crippen LogP contribution is -1.97. The smallest absolute Gasteiger partial charge is 0.317 e. The van der Waals surface area contributed by atoms with Crippen LogP contribution in [0.5, 0.6) is 5.75 Å². The van der Waals surface area contributed by atoms with Crippen LogP contribution in [0.4, 0.5) is 0 Å². The largest absolute Gasteiger partial charge is 0.496 e. The van der Waals surface area contributed by atoms with E-state index in [1.54, 1.807) is 13.2 Å². The van der Waals surface area contributed by atoms with E-state index in [2.05, 4.69) is 32.5 Å². The molecule has 0 aliphatic heterocycles. The molecule has 1 aromatic carbocycles. The fraction of sp³-hybridized carbons (Fsp3) is 0.250. The summed E-state index contributed by atoms with van der Waals surface area (Å²) in [6.07, 6.45) is 0.0921. The molecule has 4 heteroatoms. The van der Waals surface area contributed by atoms with Crippen LogP contribution in [0.15, 0.2) is 22.7 Å². The summed E-state index contributed by atoms with van der Waals surface area (Å²) >= 11 is 3.35. The molecule has 1 aromatic rings. The van der Waals surface area contributed by atoms with Gasteiger partial charge in [0, 0.05) is 5.56 Å². The third-order valence-electron chi connectivity index (χ3n) is 1.84. The van der Waals surface area contributed by atoms with Gasteiger partial charge in [0.2, 0.25) is 0 Å². The monoisotopic (exact) mass is 282 g/mol. The van der Waals surface area contributed by atoms with Crippen molar-refractivity contribution in [3.63, 3.8) is 0 Å². The van der Waals surface area contributed by atoms with Crippen LogP contribution in [0, 0.1) is 11.8 Å². The molecular formula is C12H11BrO3. The second kappa shape index (κ2) is 6.19. The van der Waals surface area contributed by atoms with Crippen LogP contribution < -0.4 is 4.74 Å². The molecule has 3 nitrogen and oxygen atoms in total. The van der Waals surface area contributed by atoms with Gasteiger partial charge in [0.15, 0.2) is 0 Å². The highest BCUT2D eigenvalue weighted by Gasteiger charge is 1.99. The molecular weight excluding hydrogens is 272 g/mol. The van der Waals surface area contributed by atoms with Crippen LogP contribution in [0.25, 0.3) is 0 Å². The molecule has 0 aromatic heterocycles. The average Bonchev–Trinajstić information content (AvgIpc) is 2.31. The van der Waals surface area contributed by atoms with Gasteiger partial charge in [0.25, 0.3) is 0 Å². The number of methoxy groups -OCH3 is 2. The van der Waals surface area contributed by atoms with Crippen LogP contribution in [-0.4, -0.2) is 20.2 Å². The summed E-state index contributed by atoms with van der Waals surface area (Å²) in [5.74, 6) is 5.96. The van der Waals surface area contributed by atoms with Gasteiger partial charge in [-0.05, 0) is 34.1 Å². The molecule has 0 unspecified atom stereocenters. The van der Waals surface area contributed by atoms with Crippen molar-refractivity contribution in [3.05, 3.63) is 28.2 Å². The molecule has 0 bridgehead atoms. The van der Waals surface area contributed by atoms with Gasteiger partial charge >= 0.3 is 5.97 Å². The molecule has 0 saturated carbocycles. The Bertz CT molecular complexity index is 443. The molecule has 16 heavy (non-hydrogen) atoms. The zero-order chi connectivity index (χ0) is 12.0. The van der Waals surface area contributed by atoms with Crippen LogP contribution in [0.1, 0.15) is 12.0 Å². The molecule has 0 saturated heterocycles. The molecule has 0 atom stereocenters. The van der Waals surface area contributed by atoms with Gasteiger partial charge in [-0.3, -0.25) is 4.79 Å². The average molecular weight is 283 g/mol. The van der Waals surface area contributed by atoms with Crippen molar-refractivity contribution in [1.82, 2.24) is 0 Å². The maximum absolute atomic E-state index is 10.8. The van der Waals surface area contributed by atoms with Crippen LogP contribution in [-0.2, 0) is 9.53 Å². The maximum atomic E-state index is 10.8. The van der Waals surface area contributed by atoms with Crippen LogP contribution in [0.3, 0.4) is 0 Å². The van der Waals surface area contributed by atoms with E-state index in [4.69, 9.17) is 4.74 Å². The Balaban J connectivity index is 2.78. The lowest BCUT2D eigenvalue weighted by molar-refractivity contribution is -0.139. The van der Waals surface area contributed by atoms with Gasteiger partial charge in [0.1, 0.15) is 12.2 Å². The fourth-order valence-electron chi connectivity index (χ4n) is 1.03. The number of ether oxygens (including phenoxy) is 2. The number of rotatable bonds is 2. The Hall–Kier alpha value is -1.47. The standard InChI is InChI=1S/C12H11BrO3/c1-15-11-8-9(6-7-10(11)13)4-3-5-12(14)16-2/h6-8H,5H2,1-2H3. The normalized spacial score (nSPS) is 8.94. The van der Waals surface area contributed by atoms with E-state index >= 15 is 0 Å². The molecule has 0 heterocycles. The number of esters is 1. The quantitative estimate of drug-likeness (QED) is 0.617. The molecule has 0 spiro atoms. The van der Waals surface area contributed by atoms with Crippen molar-refractivity contribution in [2.75, 3.05) is 14.2 Å². The topological polar surface area (TPSA) is 35.5 Å². The highest BCUT2D eigenvalue weighted by Crippen LogP contribution is 2.25. The van der Waals surface area contributed by atoms with Gasteiger partial charge in [-0.1, -0.05) is 11.8 Å². The van der Waals surface area contributed by atoms with E-state index in [9.17, 15) is 4.79 Å². The fourth-order valence-corrected chi connectivity index (χ4v) is 1.44. The number of hydrogen-bond acceptors (Lipinski definition) is 3. The molecule has 0 radical (unpaired) electrons. The molecule has 0 aliphatic carbocycles. The summed E-state index contributed by atoms with van der Waals surface area (Å²) in [6, 6.07) is 5.49. The molecule has 0 fully saturated rings. The van der Waals surface area contributed by atoms with Crippen molar-refractivity contribution in [2.45, 2.75) is 6.42 Å². The summed E-state index contributed by atoms with van der Waals surface area (Å²) < 4.78 is 10.5. The summed E-state index contributed by atoms with van der Waals surface area (Å²) in [5, 5.41) is 0. The minimum absolute atomic E-state index is 0.0921. The minimum Gasteiger partial charge on any atom is -0.496 e. The SMILES string of the molecule is COC(=O)CC#Cc1ccc(Br)c(OC)c1. The first-order chi connectivity index (χ1) is 7.67. The minimum atomic E-state index is -0.337. The third kappa shape index (κ3) is 3.59. The van der Waals surface area contributed by atoms with E-state index in [1.165, 1.54) is 7.11 Å². The van der Waals surface area contributed by atoms with E-state index < -0.39 is 0 Å². The Morgan fingerprint density at radius 3 is 2.81 bits per heavy atom. The molecule has 0 amide bonds. The van der Waals surface area contributed by atoms with E-state index in [1.807, 2.05) is 12.1 Å². The van der Waals surface area contributed by atoms with Crippen LogP contribution in [0.2, 0.25) is 0 Å². The highest BCUT2D eigenvalue weighted by atomic mass is 79.9. The Labute approximate surface area is 103 Å². The number of carbonyl (C=O) groups is 1. The first kappa shape index (κ1) is 12.6. The van der Waals surface area contributed by atoms with Crippen molar-refractivity contribution in [3.8, 4) is 17.6 Å². The van der Waals surface area contributed by atoms with Crippen molar-refractivity contribution in [1.29, 1.82) is 0 Å². The van der Waals surface area contributed by atoms with Gasteiger partial charge < -0.3 is 9.47 Å². The first-order valence-electron chi connectivity index (χ1n) is 4.56. The molecule has 0 N–H and O–H groups in total. The summed E-state index contributed by atoms with van der Waals surface area (Å²) in [4.78, 5) is 10.8. The Kier molecular flexibility index (Phi) is 4.87. The lowest BCUT2D eigenvalue weighted by atomic mass is 10.2. The third-order valence-corrected chi connectivity index (χ3v) is 2.50. The zero-order valence-corrected chi connectivity index (χ0v) is 10.6. The second-order valence-electron chi connectivity index (χ2n) is 2.90. The summed E-state index contributed by atoms with van der Waals surface area (Å²) in [7, 11) is 2.93. The van der Waals surface area contributed by atoms with E-state index in [-0.39, 0.29) is 12.4 Å². The Morgan fingerprint density at radius 2 is 2.19 bits per heavy atom. The molecule has 1 rings (SSSR count). The second-order valence-corrected chi connectivity index (χ2v) is 3.76. The molecule has 84 valence electrons. The Morgan fingerprint density at radius 1 is 1.44 bits per heavy atom. The zero-order valence-electron chi connectivity index (χ0n) is 9.04. The van der Waals surface area contributed by atoms with Crippen molar-refractivity contribution < 1.29 is 14.3 Å². The first-order valence-corrected chi connectivity index (χ1v) is 5.36.